The van der Waals surface area contributed by atoms with E-state index < -0.39 is 11.2 Å². The molecule has 4 rings (SSSR count). The Kier molecular flexibility index (Phi) is 7.12. The summed E-state index contributed by atoms with van der Waals surface area (Å²) in [4.78, 5) is 11.9. The van der Waals surface area contributed by atoms with Gasteiger partial charge in [-0.25, -0.2) is 9.98 Å². The Morgan fingerprint density at radius 1 is 0.944 bits per heavy atom. The van der Waals surface area contributed by atoms with Crippen molar-refractivity contribution in [2.24, 2.45) is 9.98 Å². The van der Waals surface area contributed by atoms with Crippen LogP contribution in [0, 0.1) is 11.3 Å². The van der Waals surface area contributed by atoms with Crippen LogP contribution >= 0.6 is 0 Å². The second kappa shape index (κ2) is 10.1. The van der Waals surface area contributed by atoms with Crippen molar-refractivity contribution in [2.75, 3.05) is 7.05 Å². The molecule has 181 valence electrons. The maximum Gasteiger partial charge on any atom is 0.330 e. The zero-order valence-electron chi connectivity index (χ0n) is 21.3. The van der Waals surface area contributed by atoms with Gasteiger partial charge in [0.2, 0.25) is 0 Å². The molecule has 1 heterocycles. The van der Waals surface area contributed by atoms with Crippen molar-refractivity contribution in [1.29, 1.82) is 5.26 Å². The van der Waals surface area contributed by atoms with E-state index in [0.29, 0.717) is 22.7 Å². The number of benzene rings is 3. The third-order valence-corrected chi connectivity index (χ3v) is 6.59. The van der Waals surface area contributed by atoms with Crippen molar-refractivity contribution < 1.29 is 9.76 Å². The summed E-state index contributed by atoms with van der Waals surface area (Å²) in [6.45, 7) is 7.06. The van der Waals surface area contributed by atoms with E-state index in [4.69, 9.17) is 14.6 Å². The summed E-state index contributed by atoms with van der Waals surface area (Å²) in [5.41, 5.74) is 2.03. The number of nitriles is 1. The molecule has 36 heavy (non-hydrogen) atoms. The number of aliphatic hydroxyl groups is 1. The Hall–Kier alpha value is -3.73. The highest BCUT2D eigenvalue weighted by atomic mass is 16.5. The molecular weight excluding hydrogens is 447 g/mol. The number of rotatable bonds is 7. The predicted molar refractivity (Wildman–Crippen MR) is 144 cm³/mol. The van der Waals surface area contributed by atoms with Gasteiger partial charge in [-0.15, -0.1) is 0 Å². The van der Waals surface area contributed by atoms with Gasteiger partial charge in [0.05, 0.1) is 22.8 Å². The van der Waals surface area contributed by atoms with E-state index in [1.54, 1.807) is 27.4 Å². The maximum atomic E-state index is 10.5. The van der Waals surface area contributed by atoms with Crippen LogP contribution in [0.1, 0.15) is 56.1 Å². The molecule has 0 saturated carbocycles. The number of amidine groups is 2. The minimum atomic E-state index is -1.06. The molecule has 6 nitrogen and oxygen atoms in total. The van der Waals surface area contributed by atoms with E-state index >= 15 is 0 Å². The molecule has 3 aromatic carbocycles. The smallest absolute Gasteiger partial charge is 0.330 e. The summed E-state index contributed by atoms with van der Waals surface area (Å²) in [5, 5.41) is 20.2. The number of aliphatic imine (C=N–C) groups is 2. The van der Waals surface area contributed by atoms with E-state index in [-0.39, 0.29) is 6.17 Å². The van der Waals surface area contributed by atoms with Crippen LogP contribution in [0.25, 0.3) is 0 Å². The molecule has 1 atom stereocenters. The van der Waals surface area contributed by atoms with Crippen LogP contribution in [0.2, 0.25) is 0 Å². The monoisotopic (exact) mass is 477 g/mol. The van der Waals surface area contributed by atoms with Gasteiger partial charge in [-0.1, -0.05) is 72.2 Å². The first-order valence-electron chi connectivity index (χ1n) is 11.9. The van der Waals surface area contributed by atoms with Crippen molar-refractivity contribution in [3.63, 3.8) is 0 Å². The SMILES string of the molecule is CN1C(c2cc([B]OC(C)(C)C(C)(C)O)cc(C#N)c2)=NC(c2ccccc2)=NC1c1ccccc1. The van der Waals surface area contributed by atoms with Crippen LogP contribution in [-0.4, -0.2) is 47.4 Å². The van der Waals surface area contributed by atoms with Crippen molar-refractivity contribution in [1.82, 2.24) is 4.90 Å². The fourth-order valence-electron chi connectivity index (χ4n) is 3.72. The van der Waals surface area contributed by atoms with Crippen molar-refractivity contribution >= 4 is 24.6 Å². The van der Waals surface area contributed by atoms with Gasteiger partial charge in [0.15, 0.2) is 5.84 Å². The van der Waals surface area contributed by atoms with Crippen molar-refractivity contribution in [3.05, 3.63) is 101 Å². The lowest BCUT2D eigenvalue weighted by molar-refractivity contribution is -0.0893. The van der Waals surface area contributed by atoms with Crippen LogP contribution in [0.3, 0.4) is 0 Å². The highest BCUT2D eigenvalue weighted by molar-refractivity contribution is 6.47. The molecule has 0 spiro atoms. The fraction of sp³-hybridized carbons (Fsp3) is 0.276. The van der Waals surface area contributed by atoms with Crippen LogP contribution in [0.4, 0.5) is 0 Å². The van der Waals surface area contributed by atoms with Gasteiger partial charge in [0.25, 0.3) is 0 Å². The average Bonchev–Trinajstić information content (AvgIpc) is 2.88. The third kappa shape index (κ3) is 5.41. The van der Waals surface area contributed by atoms with Gasteiger partial charge in [0, 0.05) is 18.2 Å². The van der Waals surface area contributed by atoms with Crippen molar-refractivity contribution in [3.8, 4) is 6.07 Å². The first kappa shape index (κ1) is 25.4. The standard InChI is InChI=1S/C29H30BN4O2/c1-28(2,35)29(3,4)36-30-24-17-20(19-31)16-23(18-24)27-33-25(21-12-8-6-9-13-21)32-26(34(27)5)22-14-10-7-11-15-22/h6-18,26,35H,1-5H3. The summed E-state index contributed by atoms with van der Waals surface area (Å²) in [6, 6.07) is 27.7. The van der Waals surface area contributed by atoms with E-state index in [9.17, 15) is 10.4 Å². The first-order valence-corrected chi connectivity index (χ1v) is 11.9. The highest BCUT2D eigenvalue weighted by Crippen LogP contribution is 2.28. The summed E-state index contributed by atoms with van der Waals surface area (Å²) in [7, 11) is 3.55. The van der Waals surface area contributed by atoms with Crippen LogP contribution in [0.15, 0.2) is 88.8 Å². The molecule has 3 aromatic rings. The second-order valence-corrected chi connectivity index (χ2v) is 9.91. The maximum absolute atomic E-state index is 10.5. The van der Waals surface area contributed by atoms with E-state index in [0.717, 1.165) is 16.7 Å². The second-order valence-electron chi connectivity index (χ2n) is 9.91. The zero-order valence-corrected chi connectivity index (χ0v) is 21.3. The molecular formula is C29H30BN4O2. The molecule has 7 heteroatoms. The minimum Gasteiger partial charge on any atom is -0.427 e. The van der Waals surface area contributed by atoms with Gasteiger partial charge >= 0.3 is 7.48 Å². The summed E-state index contributed by atoms with van der Waals surface area (Å²) in [5.74, 6) is 1.33. The van der Waals surface area contributed by atoms with Crippen LogP contribution < -0.4 is 5.46 Å². The Morgan fingerprint density at radius 2 is 1.58 bits per heavy atom. The lowest BCUT2D eigenvalue weighted by Gasteiger charge is -2.37. The van der Waals surface area contributed by atoms with Crippen molar-refractivity contribution in [2.45, 2.75) is 45.1 Å². The molecule has 0 aromatic heterocycles. The van der Waals surface area contributed by atoms with Crippen LogP contribution in [-0.2, 0) is 4.65 Å². The molecule has 0 bridgehead atoms. The summed E-state index contributed by atoms with van der Waals surface area (Å²) < 4.78 is 5.97. The normalized spacial score (nSPS) is 16.1. The molecule has 1 aliphatic rings. The summed E-state index contributed by atoms with van der Waals surface area (Å²) in [6.07, 6.45) is -0.280. The largest absolute Gasteiger partial charge is 0.427 e. The fourth-order valence-corrected chi connectivity index (χ4v) is 3.72. The topological polar surface area (TPSA) is 81.2 Å². The molecule has 1 radical (unpaired) electrons. The Bertz CT molecular complexity index is 1320. The molecule has 1 unspecified atom stereocenters. The number of hydrogen-bond donors (Lipinski definition) is 1. The van der Waals surface area contributed by atoms with Crippen LogP contribution in [0.5, 0.6) is 0 Å². The molecule has 0 aliphatic carbocycles. The predicted octanol–water partition coefficient (Wildman–Crippen LogP) is 4.21. The average molecular weight is 477 g/mol. The zero-order chi connectivity index (χ0) is 25.9. The molecule has 0 amide bonds. The molecule has 0 saturated heterocycles. The van der Waals surface area contributed by atoms with E-state index in [1.165, 1.54) is 0 Å². The Labute approximate surface area is 213 Å². The first-order chi connectivity index (χ1) is 17.1. The summed E-state index contributed by atoms with van der Waals surface area (Å²) >= 11 is 0. The van der Waals surface area contributed by atoms with E-state index in [1.807, 2.05) is 98.6 Å². The third-order valence-electron chi connectivity index (χ3n) is 6.59. The van der Waals surface area contributed by atoms with Gasteiger partial charge in [0.1, 0.15) is 12.0 Å². The molecule has 0 fully saturated rings. The lowest BCUT2D eigenvalue weighted by Crippen LogP contribution is -2.49. The Morgan fingerprint density at radius 3 is 2.19 bits per heavy atom. The quantitative estimate of drug-likeness (QED) is 0.517. The van der Waals surface area contributed by atoms with Gasteiger partial charge < -0.3 is 14.7 Å². The van der Waals surface area contributed by atoms with Gasteiger partial charge in [-0.05, 0) is 45.4 Å². The highest BCUT2D eigenvalue weighted by Gasteiger charge is 2.36. The molecule has 1 N–H and O–H groups in total. The minimum absolute atomic E-state index is 0.280. The lowest BCUT2D eigenvalue weighted by atomic mass is 9.81. The van der Waals surface area contributed by atoms with Gasteiger partial charge in [-0.3, -0.25) is 0 Å². The van der Waals surface area contributed by atoms with Gasteiger partial charge in [-0.2, -0.15) is 5.26 Å². The van der Waals surface area contributed by atoms with E-state index in [2.05, 4.69) is 6.07 Å². The number of nitrogens with zero attached hydrogens (tertiary/aromatic N) is 4. The number of hydrogen-bond acceptors (Lipinski definition) is 6. The molecule has 1 aliphatic heterocycles. The Balaban J connectivity index is 1.77.